The van der Waals surface area contributed by atoms with Crippen LogP contribution in [0.1, 0.15) is 24.5 Å². The number of hydrogen-bond acceptors (Lipinski definition) is 3. The van der Waals surface area contributed by atoms with E-state index in [1.165, 1.54) is 11.1 Å². The molecule has 0 aliphatic heterocycles. The highest BCUT2D eigenvalue weighted by Crippen LogP contribution is 2.19. The molecule has 0 saturated heterocycles. The van der Waals surface area contributed by atoms with E-state index in [-0.39, 0.29) is 0 Å². The van der Waals surface area contributed by atoms with Gasteiger partial charge in [0.05, 0.1) is 0 Å². The Bertz CT molecular complexity index is 549. The zero-order chi connectivity index (χ0) is 13.7. The summed E-state index contributed by atoms with van der Waals surface area (Å²) in [5.74, 6) is 1.78. The summed E-state index contributed by atoms with van der Waals surface area (Å²) in [6, 6.07) is 12.3. The van der Waals surface area contributed by atoms with Crippen LogP contribution in [-0.2, 0) is 0 Å². The molecule has 0 spiro atoms. The van der Waals surface area contributed by atoms with E-state index in [0.717, 1.165) is 30.3 Å². The van der Waals surface area contributed by atoms with Crippen LogP contribution in [0, 0.1) is 13.8 Å². The van der Waals surface area contributed by atoms with E-state index in [4.69, 9.17) is 0 Å². The minimum atomic E-state index is 0.865. The summed E-state index contributed by atoms with van der Waals surface area (Å²) in [5, 5.41) is 6.63. The molecule has 0 atom stereocenters. The normalized spacial score (nSPS) is 10.3. The largest absolute Gasteiger partial charge is 0.370 e. The number of benzene rings is 1. The average Bonchev–Trinajstić information content (AvgIpc) is 2.41. The minimum absolute atomic E-state index is 0.865. The second-order valence-electron chi connectivity index (χ2n) is 4.76. The molecule has 0 aliphatic carbocycles. The van der Waals surface area contributed by atoms with Gasteiger partial charge in [-0.1, -0.05) is 19.1 Å². The third-order valence-electron chi connectivity index (χ3n) is 3.08. The van der Waals surface area contributed by atoms with Crippen molar-refractivity contribution in [1.82, 2.24) is 4.98 Å². The Kier molecular flexibility index (Phi) is 4.39. The van der Waals surface area contributed by atoms with Crippen molar-refractivity contribution in [2.45, 2.75) is 27.2 Å². The second kappa shape index (κ2) is 6.23. The van der Waals surface area contributed by atoms with Crippen molar-refractivity contribution < 1.29 is 0 Å². The van der Waals surface area contributed by atoms with E-state index in [0.29, 0.717) is 0 Å². The van der Waals surface area contributed by atoms with Gasteiger partial charge in [-0.05, 0) is 55.7 Å². The van der Waals surface area contributed by atoms with E-state index >= 15 is 0 Å². The maximum absolute atomic E-state index is 4.54. The van der Waals surface area contributed by atoms with Crippen LogP contribution in [-0.4, -0.2) is 11.5 Å². The summed E-state index contributed by atoms with van der Waals surface area (Å²) >= 11 is 0. The molecule has 0 aliphatic rings. The van der Waals surface area contributed by atoms with Crippen molar-refractivity contribution in [3.63, 3.8) is 0 Å². The summed E-state index contributed by atoms with van der Waals surface area (Å²) in [6.07, 6.45) is 1.09. The fraction of sp³-hybridized carbons (Fsp3) is 0.312. The van der Waals surface area contributed by atoms with Gasteiger partial charge in [-0.25, -0.2) is 4.98 Å². The molecule has 100 valence electrons. The maximum Gasteiger partial charge on any atom is 0.132 e. The summed E-state index contributed by atoms with van der Waals surface area (Å²) in [6.45, 7) is 7.32. The molecule has 0 amide bonds. The molecule has 19 heavy (non-hydrogen) atoms. The van der Waals surface area contributed by atoms with Crippen LogP contribution in [0.3, 0.4) is 0 Å². The first-order valence-electron chi connectivity index (χ1n) is 6.74. The maximum atomic E-state index is 4.54. The summed E-state index contributed by atoms with van der Waals surface area (Å²) in [5.41, 5.74) is 3.66. The number of nitrogens with zero attached hydrogens (tertiary/aromatic N) is 1. The molecule has 0 fully saturated rings. The van der Waals surface area contributed by atoms with Gasteiger partial charge < -0.3 is 10.6 Å². The fourth-order valence-corrected chi connectivity index (χ4v) is 1.82. The van der Waals surface area contributed by atoms with Gasteiger partial charge in [0.2, 0.25) is 0 Å². The Balaban J connectivity index is 2.11. The van der Waals surface area contributed by atoms with E-state index < -0.39 is 0 Å². The smallest absolute Gasteiger partial charge is 0.132 e. The van der Waals surface area contributed by atoms with Gasteiger partial charge in [0.25, 0.3) is 0 Å². The van der Waals surface area contributed by atoms with Crippen LogP contribution >= 0.6 is 0 Å². The first kappa shape index (κ1) is 13.4. The summed E-state index contributed by atoms with van der Waals surface area (Å²) in [7, 11) is 0. The Morgan fingerprint density at radius 1 is 1.00 bits per heavy atom. The SMILES string of the molecule is CCCNc1cccc(Nc2ccc(C)c(C)c2)n1. The number of rotatable bonds is 5. The fourth-order valence-electron chi connectivity index (χ4n) is 1.82. The van der Waals surface area contributed by atoms with Gasteiger partial charge in [0.1, 0.15) is 11.6 Å². The molecular weight excluding hydrogens is 234 g/mol. The third kappa shape index (κ3) is 3.71. The number of pyridine rings is 1. The van der Waals surface area contributed by atoms with Crippen molar-refractivity contribution >= 4 is 17.3 Å². The predicted molar refractivity (Wildman–Crippen MR) is 82.2 cm³/mol. The summed E-state index contributed by atoms with van der Waals surface area (Å²) in [4.78, 5) is 4.54. The van der Waals surface area contributed by atoms with Crippen molar-refractivity contribution in [3.8, 4) is 0 Å². The average molecular weight is 255 g/mol. The Hall–Kier alpha value is -2.03. The number of aromatic nitrogens is 1. The van der Waals surface area contributed by atoms with E-state index in [1.807, 2.05) is 18.2 Å². The van der Waals surface area contributed by atoms with Crippen molar-refractivity contribution in [2.24, 2.45) is 0 Å². The van der Waals surface area contributed by atoms with Gasteiger partial charge >= 0.3 is 0 Å². The van der Waals surface area contributed by atoms with Crippen LogP contribution in [0.2, 0.25) is 0 Å². The molecule has 2 aromatic rings. The van der Waals surface area contributed by atoms with Crippen LogP contribution in [0.4, 0.5) is 17.3 Å². The van der Waals surface area contributed by atoms with E-state index in [9.17, 15) is 0 Å². The first-order chi connectivity index (χ1) is 9.19. The predicted octanol–water partition coefficient (Wildman–Crippen LogP) is 4.26. The molecule has 3 nitrogen and oxygen atoms in total. The van der Waals surface area contributed by atoms with Crippen LogP contribution in [0.15, 0.2) is 36.4 Å². The van der Waals surface area contributed by atoms with Gasteiger partial charge in [-0.15, -0.1) is 0 Å². The van der Waals surface area contributed by atoms with Crippen LogP contribution < -0.4 is 10.6 Å². The molecule has 2 rings (SSSR count). The number of nitrogens with one attached hydrogen (secondary N) is 2. The Morgan fingerprint density at radius 2 is 1.79 bits per heavy atom. The Labute approximate surface area is 115 Å². The number of anilines is 3. The third-order valence-corrected chi connectivity index (χ3v) is 3.08. The zero-order valence-corrected chi connectivity index (χ0v) is 11.8. The topological polar surface area (TPSA) is 37.0 Å². The lowest BCUT2D eigenvalue weighted by molar-refractivity contribution is 0.970. The van der Waals surface area contributed by atoms with Gasteiger partial charge in [-0.3, -0.25) is 0 Å². The highest BCUT2D eigenvalue weighted by atomic mass is 15.1. The molecule has 1 heterocycles. The van der Waals surface area contributed by atoms with Crippen molar-refractivity contribution in [2.75, 3.05) is 17.2 Å². The number of hydrogen-bond donors (Lipinski definition) is 2. The molecule has 0 bridgehead atoms. The number of aryl methyl sites for hydroxylation is 2. The lowest BCUT2D eigenvalue weighted by Gasteiger charge is -2.10. The second-order valence-corrected chi connectivity index (χ2v) is 4.76. The molecule has 0 saturated carbocycles. The Morgan fingerprint density at radius 3 is 2.53 bits per heavy atom. The van der Waals surface area contributed by atoms with Crippen LogP contribution in [0.25, 0.3) is 0 Å². The highest BCUT2D eigenvalue weighted by Gasteiger charge is 2.00. The van der Waals surface area contributed by atoms with Crippen LogP contribution in [0.5, 0.6) is 0 Å². The summed E-state index contributed by atoms with van der Waals surface area (Å²) < 4.78 is 0. The highest BCUT2D eigenvalue weighted by molar-refractivity contribution is 5.59. The molecule has 1 aromatic carbocycles. The van der Waals surface area contributed by atoms with Gasteiger partial charge in [0.15, 0.2) is 0 Å². The molecule has 0 unspecified atom stereocenters. The van der Waals surface area contributed by atoms with Gasteiger partial charge in [-0.2, -0.15) is 0 Å². The monoisotopic (exact) mass is 255 g/mol. The molecule has 2 N–H and O–H groups in total. The van der Waals surface area contributed by atoms with Crippen molar-refractivity contribution in [3.05, 3.63) is 47.5 Å². The lowest BCUT2D eigenvalue weighted by Crippen LogP contribution is -2.03. The molecule has 3 heteroatoms. The van der Waals surface area contributed by atoms with Gasteiger partial charge in [0, 0.05) is 12.2 Å². The van der Waals surface area contributed by atoms with E-state index in [1.54, 1.807) is 0 Å². The minimum Gasteiger partial charge on any atom is -0.370 e. The standard InChI is InChI=1S/C16H21N3/c1-4-10-17-15-6-5-7-16(19-15)18-14-9-8-12(2)13(3)11-14/h5-9,11H,4,10H2,1-3H3,(H2,17,18,19). The quantitative estimate of drug-likeness (QED) is 0.838. The van der Waals surface area contributed by atoms with E-state index in [2.05, 4.69) is 54.6 Å². The molecule has 0 radical (unpaired) electrons. The first-order valence-corrected chi connectivity index (χ1v) is 6.74. The molecular formula is C16H21N3. The zero-order valence-electron chi connectivity index (χ0n) is 11.8. The lowest BCUT2D eigenvalue weighted by atomic mass is 10.1. The molecule has 1 aromatic heterocycles. The van der Waals surface area contributed by atoms with Crippen molar-refractivity contribution in [1.29, 1.82) is 0 Å².